The van der Waals surface area contributed by atoms with Gasteiger partial charge in [0.1, 0.15) is 11.2 Å². The summed E-state index contributed by atoms with van der Waals surface area (Å²) in [5.41, 5.74) is 6.07. The summed E-state index contributed by atoms with van der Waals surface area (Å²) in [5.74, 6) is 0. The maximum Gasteiger partial charge on any atom is 0.136 e. The van der Waals surface area contributed by atoms with Gasteiger partial charge in [-0.2, -0.15) is 0 Å². The molecule has 24 heavy (non-hydrogen) atoms. The Kier molecular flexibility index (Phi) is 3.45. The first-order valence-corrected chi connectivity index (χ1v) is 8.51. The van der Waals surface area contributed by atoms with E-state index in [1.807, 2.05) is 12.1 Å². The van der Waals surface area contributed by atoms with Gasteiger partial charge in [-0.1, -0.05) is 75.4 Å². The molecule has 0 atom stereocenters. The topological polar surface area (TPSA) is 13.1 Å². The van der Waals surface area contributed by atoms with E-state index in [0.717, 1.165) is 17.6 Å². The zero-order valence-electron chi connectivity index (χ0n) is 14.5. The lowest BCUT2D eigenvalue weighted by Crippen LogP contribution is -2.08. The highest BCUT2D eigenvalue weighted by Crippen LogP contribution is 2.37. The van der Waals surface area contributed by atoms with Crippen LogP contribution in [0.5, 0.6) is 0 Å². The van der Waals surface area contributed by atoms with Gasteiger partial charge in [0, 0.05) is 10.8 Å². The summed E-state index contributed by atoms with van der Waals surface area (Å²) in [4.78, 5) is 0. The standard InChI is InChI=1S/C23H22O/c1-23(2,3)15-16-8-6-9-17(14-16)18-11-7-13-21-22(18)19-10-4-5-12-20(19)24-21/h4-14H,15H2,1-3H3. The van der Waals surface area contributed by atoms with E-state index in [-0.39, 0.29) is 5.41 Å². The molecule has 0 fully saturated rings. The van der Waals surface area contributed by atoms with Gasteiger partial charge in [0.15, 0.2) is 0 Å². The summed E-state index contributed by atoms with van der Waals surface area (Å²) in [6, 6.07) is 23.5. The van der Waals surface area contributed by atoms with Crippen molar-refractivity contribution in [2.24, 2.45) is 5.41 Å². The van der Waals surface area contributed by atoms with Crippen molar-refractivity contribution in [1.82, 2.24) is 0 Å². The normalized spacial score (nSPS) is 12.1. The fourth-order valence-corrected chi connectivity index (χ4v) is 3.48. The van der Waals surface area contributed by atoms with E-state index in [0.29, 0.717) is 0 Å². The van der Waals surface area contributed by atoms with E-state index >= 15 is 0 Å². The molecule has 1 nitrogen and oxygen atoms in total. The Balaban J connectivity index is 1.92. The van der Waals surface area contributed by atoms with Gasteiger partial charge in [0.05, 0.1) is 0 Å². The highest BCUT2D eigenvalue weighted by Gasteiger charge is 2.14. The molecule has 0 saturated heterocycles. The molecular weight excluding hydrogens is 292 g/mol. The summed E-state index contributed by atoms with van der Waals surface area (Å²) in [7, 11) is 0. The number of fused-ring (bicyclic) bond motifs is 3. The molecule has 3 aromatic carbocycles. The van der Waals surface area contributed by atoms with Crippen molar-refractivity contribution in [2.45, 2.75) is 27.2 Å². The molecule has 1 heteroatoms. The van der Waals surface area contributed by atoms with Crippen molar-refractivity contribution < 1.29 is 4.42 Å². The van der Waals surface area contributed by atoms with Gasteiger partial charge in [0.2, 0.25) is 0 Å². The lowest BCUT2D eigenvalue weighted by atomic mass is 9.87. The highest BCUT2D eigenvalue weighted by atomic mass is 16.3. The molecular formula is C23H22O. The minimum absolute atomic E-state index is 0.285. The van der Waals surface area contributed by atoms with Crippen molar-refractivity contribution in [1.29, 1.82) is 0 Å². The van der Waals surface area contributed by atoms with Gasteiger partial charge in [-0.25, -0.2) is 0 Å². The fraction of sp³-hybridized carbons (Fsp3) is 0.217. The van der Waals surface area contributed by atoms with Gasteiger partial charge in [0.25, 0.3) is 0 Å². The van der Waals surface area contributed by atoms with Crippen LogP contribution in [0.4, 0.5) is 0 Å². The van der Waals surface area contributed by atoms with Crippen LogP contribution in [0.3, 0.4) is 0 Å². The SMILES string of the molecule is CC(C)(C)Cc1cccc(-c2cccc3oc4ccccc4c23)c1. The van der Waals surface area contributed by atoms with E-state index in [2.05, 4.69) is 75.4 Å². The van der Waals surface area contributed by atoms with Crippen LogP contribution in [0, 0.1) is 5.41 Å². The quantitative estimate of drug-likeness (QED) is 0.394. The molecule has 0 aliphatic heterocycles. The lowest BCUT2D eigenvalue weighted by molar-refractivity contribution is 0.411. The third kappa shape index (κ3) is 2.71. The van der Waals surface area contributed by atoms with Gasteiger partial charge < -0.3 is 4.42 Å². The van der Waals surface area contributed by atoms with Crippen LogP contribution in [0.1, 0.15) is 26.3 Å². The Labute approximate surface area is 142 Å². The molecule has 0 bridgehead atoms. The molecule has 4 aromatic rings. The van der Waals surface area contributed by atoms with Crippen molar-refractivity contribution in [3.8, 4) is 11.1 Å². The summed E-state index contributed by atoms with van der Waals surface area (Å²) in [6.45, 7) is 6.85. The lowest BCUT2D eigenvalue weighted by Gasteiger charge is -2.18. The van der Waals surface area contributed by atoms with Crippen LogP contribution < -0.4 is 0 Å². The van der Waals surface area contributed by atoms with Crippen molar-refractivity contribution >= 4 is 21.9 Å². The molecule has 0 saturated carbocycles. The van der Waals surface area contributed by atoms with E-state index in [9.17, 15) is 0 Å². The first-order valence-electron chi connectivity index (χ1n) is 8.51. The van der Waals surface area contributed by atoms with Crippen LogP contribution in [0.25, 0.3) is 33.1 Å². The Morgan fingerprint density at radius 3 is 2.38 bits per heavy atom. The maximum atomic E-state index is 6.03. The van der Waals surface area contributed by atoms with E-state index < -0.39 is 0 Å². The average Bonchev–Trinajstić information content (AvgIpc) is 2.92. The van der Waals surface area contributed by atoms with E-state index in [1.165, 1.54) is 27.5 Å². The number of benzene rings is 3. The Bertz CT molecular complexity index is 1020. The first kappa shape index (κ1) is 15.0. The Hall–Kier alpha value is -2.54. The molecule has 0 amide bonds. The molecule has 4 rings (SSSR count). The third-order valence-corrected chi connectivity index (χ3v) is 4.37. The monoisotopic (exact) mass is 314 g/mol. The predicted octanol–water partition coefficient (Wildman–Crippen LogP) is 6.84. The number of rotatable bonds is 2. The zero-order chi connectivity index (χ0) is 16.7. The maximum absolute atomic E-state index is 6.03. The van der Waals surface area contributed by atoms with Gasteiger partial charge in [-0.3, -0.25) is 0 Å². The largest absolute Gasteiger partial charge is 0.456 e. The minimum Gasteiger partial charge on any atom is -0.456 e. The van der Waals surface area contributed by atoms with Crippen molar-refractivity contribution in [3.05, 3.63) is 72.3 Å². The van der Waals surface area contributed by atoms with Crippen LogP contribution in [-0.4, -0.2) is 0 Å². The second kappa shape index (κ2) is 5.52. The van der Waals surface area contributed by atoms with Gasteiger partial charge in [-0.15, -0.1) is 0 Å². The number of hydrogen-bond donors (Lipinski definition) is 0. The Morgan fingerprint density at radius 1 is 0.792 bits per heavy atom. The molecule has 0 unspecified atom stereocenters. The molecule has 0 N–H and O–H groups in total. The summed E-state index contributed by atoms with van der Waals surface area (Å²) < 4.78 is 6.03. The molecule has 0 spiro atoms. The van der Waals surface area contributed by atoms with Gasteiger partial charge in [-0.05, 0) is 40.7 Å². The van der Waals surface area contributed by atoms with Crippen LogP contribution >= 0.6 is 0 Å². The van der Waals surface area contributed by atoms with Crippen molar-refractivity contribution in [3.63, 3.8) is 0 Å². The van der Waals surface area contributed by atoms with Crippen LogP contribution in [-0.2, 0) is 6.42 Å². The molecule has 0 radical (unpaired) electrons. The Morgan fingerprint density at radius 2 is 1.54 bits per heavy atom. The van der Waals surface area contributed by atoms with E-state index in [4.69, 9.17) is 4.42 Å². The second-order valence-corrected chi connectivity index (χ2v) is 7.71. The first-order chi connectivity index (χ1) is 11.5. The highest BCUT2D eigenvalue weighted by molar-refractivity contribution is 6.12. The van der Waals surface area contributed by atoms with Crippen molar-refractivity contribution in [2.75, 3.05) is 0 Å². The zero-order valence-corrected chi connectivity index (χ0v) is 14.5. The van der Waals surface area contributed by atoms with Crippen LogP contribution in [0.15, 0.2) is 71.1 Å². The third-order valence-electron chi connectivity index (χ3n) is 4.37. The summed E-state index contributed by atoms with van der Waals surface area (Å²) in [6.07, 6.45) is 1.07. The molecule has 0 aliphatic carbocycles. The molecule has 1 heterocycles. The van der Waals surface area contributed by atoms with Crippen LogP contribution in [0.2, 0.25) is 0 Å². The molecule has 120 valence electrons. The number of para-hydroxylation sites is 1. The molecule has 1 aromatic heterocycles. The second-order valence-electron chi connectivity index (χ2n) is 7.71. The number of hydrogen-bond acceptors (Lipinski definition) is 1. The molecule has 0 aliphatic rings. The number of furan rings is 1. The summed E-state index contributed by atoms with van der Waals surface area (Å²) in [5, 5.41) is 2.39. The fourth-order valence-electron chi connectivity index (χ4n) is 3.48. The predicted molar refractivity (Wildman–Crippen MR) is 102 cm³/mol. The smallest absolute Gasteiger partial charge is 0.136 e. The average molecular weight is 314 g/mol. The minimum atomic E-state index is 0.285. The van der Waals surface area contributed by atoms with Gasteiger partial charge >= 0.3 is 0 Å². The van der Waals surface area contributed by atoms with E-state index in [1.54, 1.807) is 0 Å². The summed E-state index contributed by atoms with van der Waals surface area (Å²) >= 11 is 0.